The van der Waals surface area contributed by atoms with E-state index in [4.69, 9.17) is 16.3 Å². The SMILES string of the molecule is CCOc1ccc(C(=O)Nc2cccc3ccc(C)nc23)cc1Cl. The number of pyridine rings is 1. The van der Waals surface area contributed by atoms with Gasteiger partial charge in [0.15, 0.2) is 0 Å². The quantitative estimate of drug-likeness (QED) is 0.738. The molecule has 24 heavy (non-hydrogen) atoms. The van der Waals surface area contributed by atoms with Gasteiger partial charge in [-0.05, 0) is 44.2 Å². The van der Waals surface area contributed by atoms with Gasteiger partial charge in [-0.25, -0.2) is 0 Å². The molecule has 0 atom stereocenters. The average molecular weight is 341 g/mol. The number of aryl methyl sites for hydroxylation is 1. The van der Waals surface area contributed by atoms with Crippen LogP contribution >= 0.6 is 11.6 Å². The summed E-state index contributed by atoms with van der Waals surface area (Å²) in [7, 11) is 0. The third-order valence-corrected chi connectivity index (χ3v) is 3.90. The Labute approximate surface area is 145 Å². The van der Waals surface area contributed by atoms with E-state index in [0.717, 1.165) is 16.6 Å². The molecule has 0 fully saturated rings. The fraction of sp³-hybridized carbons (Fsp3) is 0.158. The molecule has 0 spiro atoms. The molecule has 1 N–H and O–H groups in total. The number of nitrogens with zero attached hydrogens (tertiary/aromatic N) is 1. The number of hydrogen-bond donors (Lipinski definition) is 1. The Bertz CT molecular complexity index is 909. The maximum Gasteiger partial charge on any atom is 0.255 e. The van der Waals surface area contributed by atoms with Crippen LogP contribution in [0.25, 0.3) is 10.9 Å². The first kappa shape index (κ1) is 16.3. The van der Waals surface area contributed by atoms with Crippen molar-refractivity contribution in [1.29, 1.82) is 0 Å². The molecule has 1 aromatic heterocycles. The Morgan fingerprint density at radius 1 is 1.21 bits per heavy atom. The molecule has 0 saturated heterocycles. The molecule has 0 unspecified atom stereocenters. The van der Waals surface area contributed by atoms with E-state index in [1.165, 1.54) is 0 Å². The van der Waals surface area contributed by atoms with Crippen LogP contribution in [0.5, 0.6) is 5.75 Å². The first-order valence-electron chi connectivity index (χ1n) is 7.68. The summed E-state index contributed by atoms with van der Waals surface area (Å²) < 4.78 is 5.39. The highest BCUT2D eigenvalue weighted by Crippen LogP contribution is 2.27. The number of carbonyl (C=O) groups excluding carboxylic acids is 1. The molecular weight excluding hydrogens is 324 g/mol. The Morgan fingerprint density at radius 2 is 2.04 bits per heavy atom. The number of ether oxygens (including phenoxy) is 1. The normalized spacial score (nSPS) is 10.6. The lowest BCUT2D eigenvalue weighted by Crippen LogP contribution is -2.12. The summed E-state index contributed by atoms with van der Waals surface area (Å²) in [5.41, 5.74) is 2.80. The van der Waals surface area contributed by atoms with Crippen LogP contribution in [0.1, 0.15) is 23.0 Å². The predicted molar refractivity (Wildman–Crippen MR) is 97.1 cm³/mol. The zero-order valence-corrected chi connectivity index (χ0v) is 14.2. The summed E-state index contributed by atoms with van der Waals surface area (Å²) in [4.78, 5) is 17.0. The Kier molecular flexibility index (Phi) is 4.67. The third-order valence-electron chi connectivity index (χ3n) is 3.60. The molecule has 0 saturated carbocycles. The van der Waals surface area contributed by atoms with Crippen molar-refractivity contribution in [3.63, 3.8) is 0 Å². The molecule has 5 heteroatoms. The van der Waals surface area contributed by atoms with Crippen LogP contribution in [0.15, 0.2) is 48.5 Å². The molecule has 0 bridgehead atoms. The van der Waals surface area contributed by atoms with Gasteiger partial charge in [0.1, 0.15) is 5.75 Å². The second-order valence-electron chi connectivity index (χ2n) is 5.36. The number of anilines is 1. The van der Waals surface area contributed by atoms with E-state index < -0.39 is 0 Å². The maximum atomic E-state index is 12.5. The Balaban J connectivity index is 1.90. The van der Waals surface area contributed by atoms with Crippen molar-refractivity contribution >= 4 is 34.1 Å². The van der Waals surface area contributed by atoms with Crippen molar-refractivity contribution in [3.05, 3.63) is 64.8 Å². The van der Waals surface area contributed by atoms with Gasteiger partial charge in [-0.3, -0.25) is 9.78 Å². The number of para-hydroxylation sites is 1. The molecule has 0 aliphatic heterocycles. The van der Waals surface area contributed by atoms with Gasteiger partial charge < -0.3 is 10.1 Å². The summed E-state index contributed by atoms with van der Waals surface area (Å²) in [5, 5.41) is 4.29. The van der Waals surface area contributed by atoms with Crippen LogP contribution in [-0.4, -0.2) is 17.5 Å². The van der Waals surface area contributed by atoms with E-state index in [-0.39, 0.29) is 5.91 Å². The van der Waals surface area contributed by atoms with Crippen LogP contribution in [0.4, 0.5) is 5.69 Å². The van der Waals surface area contributed by atoms with E-state index in [9.17, 15) is 4.79 Å². The lowest BCUT2D eigenvalue weighted by molar-refractivity contribution is 0.102. The smallest absolute Gasteiger partial charge is 0.255 e. The second kappa shape index (κ2) is 6.89. The lowest BCUT2D eigenvalue weighted by Gasteiger charge is -2.10. The fourth-order valence-corrected chi connectivity index (χ4v) is 2.69. The highest BCUT2D eigenvalue weighted by Gasteiger charge is 2.12. The molecule has 3 aromatic rings. The molecule has 4 nitrogen and oxygen atoms in total. The van der Waals surface area contributed by atoms with Crippen molar-refractivity contribution < 1.29 is 9.53 Å². The largest absolute Gasteiger partial charge is 0.492 e. The molecule has 1 amide bonds. The van der Waals surface area contributed by atoms with Crippen LogP contribution in [-0.2, 0) is 0 Å². The van der Waals surface area contributed by atoms with Crippen molar-refractivity contribution in [1.82, 2.24) is 4.98 Å². The highest BCUT2D eigenvalue weighted by atomic mass is 35.5. The summed E-state index contributed by atoms with van der Waals surface area (Å²) in [5.74, 6) is 0.328. The summed E-state index contributed by atoms with van der Waals surface area (Å²) in [6.45, 7) is 4.32. The zero-order valence-electron chi connectivity index (χ0n) is 13.5. The van der Waals surface area contributed by atoms with Gasteiger partial charge in [-0.2, -0.15) is 0 Å². The lowest BCUT2D eigenvalue weighted by atomic mass is 10.1. The molecule has 0 aliphatic rings. The van der Waals surface area contributed by atoms with Crippen LogP contribution < -0.4 is 10.1 Å². The number of hydrogen-bond acceptors (Lipinski definition) is 3. The number of nitrogens with one attached hydrogen (secondary N) is 1. The minimum Gasteiger partial charge on any atom is -0.492 e. The number of fused-ring (bicyclic) bond motifs is 1. The van der Waals surface area contributed by atoms with E-state index in [1.54, 1.807) is 18.2 Å². The van der Waals surface area contributed by atoms with Gasteiger partial charge in [0.25, 0.3) is 5.91 Å². The number of halogens is 1. The molecule has 0 aliphatic carbocycles. The number of carbonyl (C=O) groups is 1. The molecule has 2 aromatic carbocycles. The number of aromatic nitrogens is 1. The topological polar surface area (TPSA) is 51.2 Å². The summed E-state index contributed by atoms with van der Waals surface area (Å²) in [6.07, 6.45) is 0. The van der Waals surface area contributed by atoms with Gasteiger partial charge in [-0.15, -0.1) is 0 Å². The van der Waals surface area contributed by atoms with Gasteiger partial charge in [0.2, 0.25) is 0 Å². The average Bonchev–Trinajstić information content (AvgIpc) is 2.57. The monoisotopic (exact) mass is 340 g/mol. The first-order valence-corrected chi connectivity index (χ1v) is 8.06. The number of rotatable bonds is 4. The number of benzene rings is 2. The van der Waals surface area contributed by atoms with Crippen molar-refractivity contribution in [3.8, 4) is 5.75 Å². The summed E-state index contributed by atoms with van der Waals surface area (Å²) >= 11 is 6.15. The van der Waals surface area contributed by atoms with Crippen molar-refractivity contribution in [2.75, 3.05) is 11.9 Å². The molecule has 3 rings (SSSR count). The molecule has 0 radical (unpaired) electrons. The van der Waals surface area contributed by atoms with Gasteiger partial charge in [0, 0.05) is 16.6 Å². The van der Waals surface area contributed by atoms with Gasteiger partial charge >= 0.3 is 0 Å². The predicted octanol–water partition coefficient (Wildman–Crippen LogP) is 4.85. The van der Waals surface area contributed by atoms with Gasteiger partial charge in [-0.1, -0.05) is 29.8 Å². The van der Waals surface area contributed by atoms with Crippen LogP contribution in [0, 0.1) is 6.92 Å². The minimum atomic E-state index is -0.240. The molecule has 1 heterocycles. The minimum absolute atomic E-state index is 0.240. The zero-order chi connectivity index (χ0) is 17.1. The standard InChI is InChI=1S/C19H17ClN2O2/c1-3-24-17-10-9-14(11-15(17)20)19(23)22-16-6-4-5-13-8-7-12(2)21-18(13)16/h4-11H,3H2,1-2H3,(H,22,23). The van der Waals surface area contributed by atoms with Crippen LogP contribution in [0.2, 0.25) is 5.02 Å². The Morgan fingerprint density at radius 3 is 2.79 bits per heavy atom. The van der Waals surface area contributed by atoms with Crippen LogP contribution in [0.3, 0.4) is 0 Å². The third kappa shape index (κ3) is 3.34. The van der Waals surface area contributed by atoms with E-state index in [0.29, 0.717) is 28.6 Å². The van der Waals surface area contributed by atoms with Gasteiger partial charge in [0.05, 0.1) is 22.8 Å². The van der Waals surface area contributed by atoms with E-state index in [1.807, 2.05) is 44.2 Å². The Hall–Kier alpha value is -2.59. The highest BCUT2D eigenvalue weighted by molar-refractivity contribution is 6.32. The molecule has 122 valence electrons. The van der Waals surface area contributed by atoms with E-state index in [2.05, 4.69) is 10.3 Å². The maximum absolute atomic E-state index is 12.5. The summed E-state index contributed by atoms with van der Waals surface area (Å²) in [6, 6.07) is 14.6. The van der Waals surface area contributed by atoms with Crippen molar-refractivity contribution in [2.24, 2.45) is 0 Å². The van der Waals surface area contributed by atoms with Crippen molar-refractivity contribution in [2.45, 2.75) is 13.8 Å². The fourth-order valence-electron chi connectivity index (χ4n) is 2.45. The first-order chi connectivity index (χ1) is 11.6. The molecular formula is C19H17ClN2O2. The second-order valence-corrected chi connectivity index (χ2v) is 5.77. The number of amides is 1. The van der Waals surface area contributed by atoms with E-state index >= 15 is 0 Å².